The van der Waals surface area contributed by atoms with Crippen molar-refractivity contribution in [3.63, 3.8) is 0 Å². The van der Waals surface area contributed by atoms with Gasteiger partial charge in [0.05, 0.1) is 40.6 Å². The van der Waals surface area contributed by atoms with Crippen LogP contribution in [0.15, 0.2) is 111 Å². The number of thiazole rings is 1. The van der Waals surface area contributed by atoms with Crippen LogP contribution >= 0.6 is 22.9 Å². The maximum absolute atomic E-state index is 14.1. The van der Waals surface area contributed by atoms with E-state index in [1.54, 1.807) is 80.6 Å². The monoisotopic (exact) mass is 638 g/mol. The van der Waals surface area contributed by atoms with Gasteiger partial charge >= 0.3 is 11.9 Å². The fraction of sp³-hybridized carbons (Fsp3) is 0.143. The highest BCUT2D eigenvalue weighted by molar-refractivity contribution is 7.07. The second-order valence-corrected chi connectivity index (χ2v) is 11.4. The van der Waals surface area contributed by atoms with Crippen LogP contribution < -0.4 is 14.9 Å². The zero-order chi connectivity index (χ0) is 31.5. The van der Waals surface area contributed by atoms with E-state index in [2.05, 4.69) is 0 Å². The molecule has 45 heavy (non-hydrogen) atoms. The van der Waals surface area contributed by atoms with Crippen LogP contribution in [0.5, 0.6) is 0 Å². The summed E-state index contributed by atoms with van der Waals surface area (Å²) in [7, 11) is 0. The number of aromatic nitrogens is 1. The third kappa shape index (κ3) is 6.05. The summed E-state index contributed by atoms with van der Waals surface area (Å²) in [5.41, 5.74) is 2.99. The van der Waals surface area contributed by atoms with Gasteiger partial charge in [-0.05, 0) is 55.8 Å². The molecule has 1 atom stereocenters. The summed E-state index contributed by atoms with van der Waals surface area (Å²) in [4.78, 5) is 44.9. The first-order valence-corrected chi connectivity index (χ1v) is 15.5. The van der Waals surface area contributed by atoms with Crippen molar-refractivity contribution in [3.05, 3.63) is 144 Å². The van der Waals surface area contributed by atoms with Gasteiger partial charge in [-0.25, -0.2) is 14.6 Å². The van der Waals surface area contributed by atoms with Gasteiger partial charge in [0, 0.05) is 22.2 Å². The molecule has 0 saturated heterocycles. The van der Waals surface area contributed by atoms with E-state index in [9.17, 15) is 14.4 Å². The van der Waals surface area contributed by atoms with E-state index in [0.29, 0.717) is 49.3 Å². The van der Waals surface area contributed by atoms with Crippen LogP contribution in [0.3, 0.4) is 0 Å². The highest BCUT2D eigenvalue weighted by atomic mass is 35.5. The van der Waals surface area contributed by atoms with Gasteiger partial charge in [0.1, 0.15) is 11.5 Å². The number of fused-ring (bicyclic) bond motifs is 1. The Bertz CT molecular complexity index is 2090. The molecule has 0 spiro atoms. The molecule has 0 bridgehead atoms. The molecular weight excluding hydrogens is 612 g/mol. The predicted octanol–water partition coefficient (Wildman–Crippen LogP) is 6.03. The first-order chi connectivity index (χ1) is 21.9. The SMILES string of the molecule is CCOC(=O)C1=C(c2ccccc2)N=c2s/c(=C\c3ccc(-c4ccc(C(=O)OCC)cc4)o3)c(=O)n2C1c1ccc(Cl)cc1. The third-order valence-electron chi connectivity index (χ3n) is 7.14. The molecule has 0 N–H and O–H groups in total. The van der Waals surface area contributed by atoms with Gasteiger partial charge in [0.25, 0.3) is 5.56 Å². The van der Waals surface area contributed by atoms with E-state index >= 15 is 0 Å². The van der Waals surface area contributed by atoms with E-state index in [0.717, 1.165) is 11.1 Å². The number of carbonyl (C=O) groups is 2. The Morgan fingerprint density at radius 2 is 1.58 bits per heavy atom. The molecule has 0 amide bonds. The quantitative estimate of drug-likeness (QED) is 0.193. The summed E-state index contributed by atoms with van der Waals surface area (Å²) in [6, 6.07) is 26.1. The molecule has 5 aromatic rings. The molecule has 226 valence electrons. The lowest BCUT2D eigenvalue weighted by molar-refractivity contribution is -0.138. The number of rotatable bonds is 8. The Hall–Kier alpha value is -4.99. The number of benzene rings is 3. The van der Waals surface area contributed by atoms with Gasteiger partial charge < -0.3 is 13.9 Å². The molecule has 3 aromatic carbocycles. The number of carbonyl (C=O) groups excluding carboxylic acids is 2. The van der Waals surface area contributed by atoms with Crippen molar-refractivity contribution in [1.82, 2.24) is 4.57 Å². The normalized spacial score (nSPS) is 14.6. The van der Waals surface area contributed by atoms with Crippen molar-refractivity contribution < 1.29 is 23.5 Å². The van der Waals surface area contributed by atoms with Crippen molar-refractivity contribution in [2.24, 2.45) is 4.99 Å². The number of furan rings is 1. The molecule has 1 aliphatic heterocycles. The van der Waals surface area contributed by atoms with E-state index in [4.69, 9.17) is 30.5 Å². The van der Waals surface area contributed by atoms with Gasteiger partial charge in [0.15, 0.2) is 4.80 Å². The summed E-state index contributed by atoms with van der Waals surface area (Å²) in [6.07, 6.45) is 1.66. The van der Waals surface area contributed by atoms with Crippen LogP contribution in [0.2, 0.25) is 5.02 Å². The average Bonchev–Trinajstić information content (AvgIpc) is 3.65. The molecule has 2 aromatic heterocycles. The maximum Gasteiger partial charge on any atom is 0.338 e. The third-order valence-corrected chi connectivity index (χ3v) is 8.38. The molecule has 6 rings (SSSR count). The number of hydrogen-bond acceptors (Lipinski definition) is 8. The molecule has 0 saturated carbocycles. The number of nitrogens with zero attached hydrogens (tertiary/aromatic N) is 2. The van der Waals surface area contributed by atoms with Crippen molar-refractivity contribution in [1.29, 1.82) is 0 Å². The Balaban J connectivity index is 1.47. The Morgan fingerprint density at radius 3 is 2.27 bits per heavy atom. The van der Waals surface area contributed by atoms with Gasteiger partial charge in [-0.3, -0.25) is 9.36 Å². The van der Waals surface area contributed by atoms with Gasteiger partial charge in [-0.1, -0.05) is 77.5 Å². The molecule has 1 aliphatic rings. The summed E-state index contributed by atoms with van der Waals surface area (Å²) in [5, 5.41) is 0.528. The lowest BCUT2D eigenvalue weighted by atomic mass is 9.93. The minimum absolute atomic E-state index is 0.161. The molecule has 0 aliphatic carbocycles. The molecule has 0 fully saturated rings. The summed E-state index contributed by atoms with van der Waals surface area (Å²) in [6.45, 7) is 3.95. The largest absolute Gasteiger partial charge is 0.463 e. The van der Waals surface area contributed by atoms with Gasteiger partial charge in [-0.15, -0.1) is 0 Å². The predicted molar refractivity (Wildman–Crippen MR) is 173 cm³/mol. The van der Waals surface area contributed by atoms with Crippen LogP contribution in [0, 0.1) is 0 Å². The first kappa shape index (κ1) is 30.1. The standard InChI is InChI=1S/C35H27ClN2O6S/c1-3-42-33(40)24-12-10-21(11-13-24)27-19-18-26(44-27)20-28-32(39)38-31(23-14-16-25(36)17-15-23)29(34(41)43-4-2)30(37-35(38)45-28)22-8-6-5-7-9-22/h5-20,31H,3-4H2,1-2H3/b28-20-. The van der Waals surface area contributed by atoms with Crippen molar-refractivity contribution in [2.75, 3.05) is 13.2 Å². The Kier molecular flexibility index (Phi) is 8.64. The number of esters is 2. The van der Waals surface area contributed by atoms with E-state index in [-0.39, 0.29) is 17.7 Å². The molecular formula is C35H27ClN2O6S. The highest BCUT2D eigenvalue weighted by Crippen LogP contribution is 2.35. The topological polar surface area (TPSA) is 100 Å². The van der Waals surface area contributed by atoms with E-state index in [1.165, 1.54) is 15.9 Å². The number of halogens is 1. The molecule has 8 nitrogen and oxygen atoms in total. The fourth-order valence-electron chi connectivity index (χ4n) is 5.10. The Labute approximate surface area is 267 Å². The summed E-state index contributed by atoms with van der Waals surface area (Å²) < 4.78 is 18.5. The molecule has 3 heterocycles. The first-order valence-electron chi connectivity index (χ1n) is 14.3. The minimum Gasteiger partial charge on any atom is -0.463 e. The second-order valence-electron chi connectivity index (χ2n) is 9.98. The van der Waals surface area contributed by atoms with Crippen molar-refractivity contribution in [2.45, 2.75) is 19.9 Å². The van der Waals surface area contributed by atoms with Crippen LogP contribution in [0.1, 0.15) is 47.1 Å². The minimum atomic E-state index is -0.806. The Morgan fingerprint density at radius 1 is 0.889 bits per heavy atom. The van der Waals surface area contributed by atoms with Gasteiger partial charge in [-0.2, -0.15) is 0 Å². The second kappa shape index (κ2) is 12.9. The van der Waals surface area contributed by atoms with E-state index in [1.807, 2.05) is 30.3 Å². The van der Waals surface area contributed by atoms with Crippen LogP contribution in [0.25, 0.3) is 23.1 Å². The molecule has 10 heteroatoms. The summed E-state index contributed by atoms with van der Waals surface area (Å²) >= 11 is 7.41. The zero-order valence-electron chi connectivity index (χ0n) is 24.4. The van der Waals surface area contributed by atoms with E-state index < -0.39 is 18.0 Å². The lowest BCUT2D eigenvalue weighted by Gasteiger charge is -2.25. The lowest BCUT2D eigenvalue weighted by Crippen LogP contribution is -2.39. The van der Waals surface area contributed by atoms with Crippen LogP contribution in [-0.2, 0) is 14.3 Å². The van der Waals surface area contributed by atoms with Crippen molar-refractivity contribution in [3.8, 4) is 11.3 Å². The maximum atomic E-state index is 14.1. The van der Waals surface area contributed by atoms with Gasteiger partial charge in [0.2, 0.25) is 0 Å². The molecule has 1 unspecified atom stereocenters. The zero-order valence-corrected chi connectivity index (χ0v) is 25.9. The average molecular weight is 639 g/mol. The number of hydrogen-bond donors (Lipinski definition) is 0. The highest BCUT2D eigenvalue weighted by Gasteiger charge is 2.35. The molecule has 0 radical (unpaired) electrons. The fourth-order valence-corrected chi connectivity index (χ4v) is 6.21. The van der Waals surface area contributed by atoms with Crippen molar-refractivity contribution >= 4 is 46.6 Å². The smallest absolute Gasteiger partial charge is 0.338 e. The van der Waals surface area contributed by atoms with Crippen LogP contribution in [-0.4, -0.2) is 29.7 Å². The number of ether oxygens (including phenoxy) is 2. The summed E-state index contributed by atoms with van der Waals surface area (Å²) in [5.74, 6) is 0.0806. The van der Waals surface area contributed by atoms with Crippen LogP contribution in [0.4, 0.5) is 0 Å².